The van der Waals surface area contributed by atoms with Gasteiger partial charge in [0.15, 0.2) is 5.76 Å². The van der Waals surface area contributed by atoms with Gasteiger partial charge < -0.3 is 9.15 Å². The Morgan fingerprint density at radius 3 is 2.89 bits per heavy atom. The molecular formula is C13H23N3O3. The van der Waals surface area contributed by atoms with E-state index in [0.717, 1.165) is 18.7 Å². The highest BCUT2D eigenvalue weighted by atomic mass is 16.5. The third kappa shape index (κ3) is 5.02. The van der Waals surface area contributed by atoms with Crippen LogP contribution in [0.15, 0.2) is 16.7 Å². The summed E-state index contributed by atoms with van der Waals surface area (Å²) in [5.74, 6) is 5.53. The first-order chi connectivity index (χ1) is 9.08. The van der Waals surface area contributed by atoms with Gasteiger partial charge in [0.2, 0.25) is 0 Å². The average molecular weight is 269 g/mol. The van der Waals surface area contributed by atoms with Crippen LogP contribution in [0.1, 0.15) is 30.0 Å². The molecule has 1 aromatic heterocycles. The van der Waals surface area contributed by atoms with Gasteiger partial charge in [0.05, 0.1) is 12.9 Å². The monoisotopic (exact) mass is 269 g/mol. The van der Waals surface area contributed by atoms with E-state index in [2.05, 4.69) is 24.2 Å². The molecule has 1 aromatic rings. The number of hydrazine groups is 1. The van der Waals surface area contributed by atoms with Crippen LogP contribution in [0.5, 0.6) is 0 Å². The molecule has 0 aromatic carbocycles. The largest absolute Gasteiger partial charge is 0.459 e. The number of furan rings is 1. The van der Waals surface area contributed by atoms with E-state index in [1.54, 1.807) is 13.2 Å². The first-order valence-corrected chi connectivity index (χ1v) is 6.37. The van der Waals surface area contributed by atoms with Crippen LogP contribution in [0, 0.1) is 5.92 Å². The summed E-state index contributed by atoms with van der Waals surface area (Å²) in [6.45, 7) is 7.34. The number of rotatable bonds is 8. The Balaban J connectivity index is 2.72. The zero-order chi connectivity index (χ0) is 14.3. The number of carbonyl (C=O) groups is 1. The molecule has 108 valence electrons. The number of methoxy groups -OCH3 is 1. The van der Waals surface area contributed by atoms with Gasteiger partial charge in [-0.25, -0.2) is 5.84 Å². The molecule has 0 bridgehead atoms. The average Bonchev–Trinajstić information content (AvgIpc) is 2.82. The van der Waals surface area contributed by atoms with E-state index in [-0.39, 0.29) is 5.76 Å². The van der Waals surface area contributed by atoms with Gasteiger partial charge in [-0.05, 0) is 12.0 Å². The van der Waals surface area contributed by atoms with Crippen LogP contribution in [0.2, 0.25) is 0 Å². The van der Waals surface area contributed by atoms with Crippen molar-refractivity contribution in [1.82, 2.24) is 10.3 Å². The minimum atomic E-state index is -0.406. The van der Waals surface area contributed by atoms with Gasteiger partial charge in [-0.15, -0.1) is 0 Å². The molecule has 6 heteroatoms. The van der Waals surface area contributed by atoms with Crippen molar-refractivity contribution in [2.75, 3.05) is 26.8 Å². The van der Waals surface area contributed by atoms with Crippen LogP contribution in [-0.2, 0) is 11.3 Å². The summed E-state index contributed by atoms with van der Waals surface area (Å²) in [5.41, 5.74) is 2.92. The third-order valence-electron chi connectivity index (χ3n) is 2.71. The van der Waals surface area contributed by atoms with E-state index < -0.39 is 5.91 Å². The number of nitrogens with two attached hydrogens (primary N) is 1. The molecular weight excluding hydrogens is 246 g/mol. The van der Waals surface area contributed by atoms with Crippen molar-refractivity contribution in [1.29, 1.82) is 0 Å². The molecule has 0 saturated carbocycles. The Hall–Kier alpha value is -1.37. The van der Waals surface area contributed by atoms with E-state index in [4.69, 9.17) is 15.0 Å². The normalized spacial score (nSPS) is 11.3. The molecule has 0 aliphatic rings. The van der Waals surface area contributed by atoms with E-state index in [1.165, 1.54) is 6.26 Å². The lowest BCUT2D eigenvalue weighted by Gasteiger charge is -2.23. The number of ether oxygens (including phenoxy) is 1. The second kappa shape index (κ2) is 7.93. The van der Waals surface area contributed by atoms with Gasteiger partial charge in [0.25, 0.3) is 0 Å². The van der Waals surface area contributed by atoms with Gasteiger partial charge in [-0.3, -0.25) is 15.1 Å². The van der Waals surface area contributed by atoms with E-state index in [0.29, 0.717) is 19.1 Å². The second-order valence-corrected chi connectivity index (χ2v) is 4.87. The number of hydrogen-bond acceptors (Lipinski definition) is 5. The van der Waals surface area contributed by atoms with Crippen LogP contribution < -0.4 is 11.3 Å². The van der Waals surface area contributed by atoms with Crippen molar-refractivity contribution in [3.8, 4) is 0 Å². The molecule has 1 amide bonds. The molecule has 0 radical (unpaired) electrons. The van der Waals surface area contributed by atoms with Crippen LogP contribution in [0.4, 0.5) is 0 Å². The lowest BCUT2D eigenvalue weighted by molar-refractivity contribution is 0.0921. The van der Waals surface area contributed by atoms with Gasteiger partial charge >= 0.3 is 5.91 Å². The summed E-state index contributed by atoms with van der Waals surface area (Å²) in [6, 6.07) is 1.80. The topological polar surface area (TPSA) is 80.7 Å². The fourth-order valence-corrected chi connectivity index (χ4v) is 1.94. The number of nitrogens with zero attached hydrogens (tertiary/aromatic N) is 1. The van der Waals surface area contributed by atoms with Crippen LogP contribution >= 0.6 is 0 Å². The highest BCUT2D eigenvalue weighted by molar-refractivity contribution is 5.92. The zero-order valence-corrected chi connectivity index (χ0v) is 11.8. The van der Waals surface area contributed by atoms with Gasteiger partial charge in [0.1, 0.15) is 0 Å². The molecule has 0 aliphatic heterocycles. The van der Waals surface area contributed by atoms with Crippen molar-refractivity contribution < 1.29 is 13.9 Å². The van der Waals surface area contributed by atoms with Gasteiger partial charge in [0, 0.05) is 32.3 Å². The number of nitrogen functional groups attached to an aromatic ring is 1. The summed E-state index contributed by atoms with van der Waals surface area (Å²) in [6.07, 6.45) is 1.50. The first kappa shape index (κ1) is 15.7. The molecule has 0 atom stereocenters. The third-order valence-corrected chi connectivity index (χ3v) is 2.71. The lowest BCUT2D eigenvalue weighted by Crippen LogP contribution is -2.33. The molecule has 0 saturated heterocycles. The summed E-state index contributed by atoms with van der Waals surface area (Å²) >= 11 is 0. The predicted molar refractivity (Wildman–Crippen MR) is 72.4 cm³/mol. The summed E-state index contributed by atoms with van der Waals surface area (Å²) in [4.78, 5) is 13.8. The van der Waals surface area contributed by atoms with Crippen molar-refractivity contribution >= 4 is 5.91 Å². The fourth-order valence-electron chi connectivity index (χ4n) is 1.94. The number of amides is 1. The quantitative estimate of drug-likeness (QED) is 0.418. The first-order valence-electron chi connectivity index (χ1n) is 6.37. The van der Waals surface area contributed by atoms with Crippen molar-refractivity contribution in [2.45, 2.75) is 20.4 Å². The smallest absolute Gasteiger partial charge is 0.301 e. The minimum Gasteiger partial charge on any atom is -0.459 e. The van der Waals surface area contributed by atoms with Crippen LogP contribution in [0.3, 0.4) is 0 Å². The number of nitrogens with one attached hydrogen (secondary N) is 1. The molecule has 0 unspecified atom stereocenters. The highest BCUT2D eigenvalue weighted by Crippen LogP contribution is 2.14. The maximum absolute atomic E-state index is 11.5. The zero-order valence-electron chi connectivity index (χ0n) is 11.8. The van der Waals surface area contributed by atoms with E-state index >= 15 is 0 Å². The second-order valence-electron chi connectivity index (χ2n) is 4.87. The van der Waals surface area contributed by atoms with Gasteiger partial charge in [-0.2, -0.15) is 0 Å². The van der Waals surface area contributed by atoms with E-state index in [1.807, 2.05) is 0 Å². The Morgan fingerprint density at radius 2 is 2.32 bits per heavy atom. The van der Waals surface area contributed by atoms with Gasteiger partial charge in [-0.1, -0.05) is 13.8 Å². The number of hydrogen-bond donors (Lipinski definition) is 2. The molecule has 19 heavy (non-hydrogen) atoms. The molecule has 3 N–H and O–H groups in total. The van der Waals surface area contributed by atoms with Crippen molar-refractivity contribution in [2.24, 2.45) is 11.8 Å². The maximum Gasteiger partial charge on any atom is 0.301 e. The SMILES string of the molecule is COCCN(Cc1ccoc1C(=O)NN)CC(C)C. The lowest BCUT2D eigenvalue weighted by atomic mass is 10.1. The Morgan fingerprint density at radius 1 is 1.58 bits per heavy atom. The summed E-state index contributed by atoms with van der Waals surface area (Å²) in [5, 5.41) is 0. The van der Waals surface area contributed by atoms with Crippen molar-refractivity contribution in [3.05, 3.63) is 23.7 Å². The summed E-state index contributed by atoms with van der Waals surface area (Å²) in [7, 11) is 1.68. The Kier molecular flexibility index (Phi) is 6.55. The highest BCUT2D eigenvalue weighted by Gasteiger charge is 2.17. The molecule has 0 spiro atoms. The summed E-state index contributed by atoms with van der Waals surface area (Å²) < 4.78 is 10.3. The predicted octanol–water partition coefficient (Wildman–Crippen LogP) is 0.987. The molecule has 6 nitrogen and oxygen atoms in total. The molecule has 0 fully saturated rings. The number of carbonyl (C=O) groups excluding carboxylic acids is 1. The standard InChI is InChI=1S/C13H23N3O3/c1-10(2)8-16(5-7-18-3)9-11-4-6-19-12(11)13(17)15-14/h4,6,10H,5,7-9,14H2,1-3H3,(H,15,17). The molecule has 1 heterocycles. The van der Waals surface area contributed by atoms with Crippen molar-refractivity contribution in [3.63, 3.8) is 0 Å². The minimum absolute atomic E-state index is 0.272. The molecule has 1 rings (SSSR count). The Labute approximate surface area is 113 Å². The Bertz CT molecular complexity index is 390. The van der Waals surface area contributed by atoms with Crippen LogP contribution in [-0.4, -0.2) is 37.6 Å². The van der Waals surface area contributed by atoms with Crippen LogP contribution in [0.25, 0.3) is 0 Å². The molecule has 0 aliphatic carbocycles. The maximum atomic E-state index is 11.5. The van der Waals surface area contributed by atoms with E-state index in [9.17, 15) is 4.79 Å². The fraction of sp³-hybridized carbons (Fsp3) is 0.615.